The molecule has 0 unspecified atom stereocenters. The van der Waals surface area contributed by atoms with Crippen molar-refractivity contribution in [2.45, 2.75) is 25.7 Å². The van der Waals surface area contributed by atoms with Gasteiger partial charge in [0, 0.05) is 24.5 Å². The SMILES string of the molecule is NN(O)SNCCCCCC(=O)Nc1cccc2cccnc12. The number of hydrogen-bond donors (Lipinski definition) is 4. The summed E-state index contributed by atoms with van der Waals surface area (Å²) in [6.45, 7) is 0.716. The summed E-state index contributed by atoms with van der Waals surface area (Å²) in [4.78, 5) is 16.3. The molecule has 2 rings (SSSR count). The van der Waals surface area contributed by atoms with E-state index in [4.69, 9.17) is 11.0 Å². The van der Waals surface area contributed by atoms with Crippen LogP contribution in [0.4, 0.5) is 5.69 Å². The Bertz CT molecular complexity index is 633. The number of carbonyl (C=O) groups is 1. The number of para-hydroxylation sites is 1. The van der Waals surface area contributed by atoms with Crippen LogP contribution in [-0.2, 0) is 4.79 Å². The molecule has 7 nitrogen and oxygen atoms in total. The lowest BCUT2D eigenvalue weighted by Gasteiger charge is -2.08. The largest absolute Gasteiger partial charge is 0.324 e. The molecule has 0 saturated carbocycles. The number of nitrogens with two attached hydrogens (primary N) is 1. The second-order valence-corrected chi connectivity index (χ2v) is 5.87. The zero-order valence-corrected chi connectivity index (χ0v) is 13.6. The van der Waals surface area contributed by atoms with Gasteiger partial charge in [0.2, 0.25) is 5.91 Å². The van der Waals surface area contributed by atoms with Crippen LogP contribution in [0.3, 0.4) is 0 Å². The van der Waals surface area contributed by atoms with E-state index in [0.717, 1.165) is 48.0 Å². The number of nitrogens with one attached hydrogen (secondary N) is 2. The van der Waals surface area contributed by atoms with Crippen molar-refractivity contribution in [3.8, 4) is 0 Å². The molecular formula is C15H21N5O2S. The van der Waals surface area contributed by atoms with Gasteiger partial charge in [0.25, 0.3) is 0 Å². The minimum atomic E-state index is -0.00558. The molecule has 0 atom stereocenters. The summed E-state index contributed by atoms with van der Waals surface area (Å²) in [7, 11) is 0. The highest BCUT2D eigenvalue weighted by Gasteiger charge is 2.06. The lowest BCUT2D eigenvalue weighted by atomic mass is 10.1. The summed E-state index contributed by atoms with van der Waals surface area (Å²) in [5.41, 5.74) is 1.55. The Hall–Kier alpha value is -1.71. The van der Waals surface area contributed by atoms with E-state index in [1.807, 2.05) is 30.3 Å². The number of benzene rings is 1. The summed E-state index contributed by atoms with van der Waals surface area (Å²) >= 11 is 0.929. The van der Waals surface area contributed by atoms with E-state index in [-0.39, 0.29) is 5.91 Å². The minimum Gasteiger partial charge on any atom is -0.324 e. The number of nitrogens with zero attached hydrogens (tertiary/aromatic N) is 2. The zero-order chi connectivity index (χ0) is 16.5. The van der Waals surface area contributed by atoms with E-state index in [1.165, 1.54) is 0 Å². The van der Waals surface area contributed by atoms with Gasteiger partial charge < -0.3 is 5.32 Å². The first kappa shape index (κ1) is 17.6. The summed E-state index contributed by atoms with van der Waals surface area (Å²) in [5.74, 6) is 5.01. The smallest absolute Gasteiger partial charge is 0.224 e. The van der Waals surface area contributed by atoms with E-state index in [2.05, 4.69) is 15.0 Å². The number of hydrogen-bond acceptors (Lipinski definition) is 7. The molecule has 2 aromatic rings. The van der Waals surface area contributed by atoms with Crippen molar-refractivity contribution in [1.29, 1.82) is 0 Å². The molecule has 124 valence electrons. The highest BCUT2D eigenvalue weighted by atomic mass is 32.2. The molecule has 0 aliphatic rings. The van der Waals surface area contributed by atoms with Crippen LogP contribution in [0.2, 0.25) is 0 Å². The maximum atomic E-state index is 12.0. The van der Waals surface area contributed by atoms with Gasteiger partial charge in [-0.1, -0.05) is 29.2 Å². The van der Waals surface area contributed by atoms with Crippen molar-refractivity contribution >= 4 is 34.6 Å². The number of rotatable bonds is 9. The minimum absolute atomic E-state index is 0.00558. The van der Waals surface area contributed by atoms with Crippen LogP contribution >= 0.6 is 12.1 Å². The second-order valence-electron chi connectivity index (χ2n) is 5.03. The number of unbranched alkanes of at least 4 members (excludes halogenated alkanes) is 2. The van der Waals surface area contributed by atoms with Gasteiger partial charge in [-0.2, -0.15) is 0 Å². The van der Waals surface area contributed by atoms with E-state index in [1.54, 1.807) is 6.20 Å². The van der Waals surface area contributed by atoms with Crippen molar-refractivity contribution < 1.29 is 10.0 Å². The predicted octanol–water partition coefficient (Wildman–Crippen LogP) is 2.45. The standard InChI is InChI=1S/C15H21N5O2S/c16-20(22)23-18-11-3-1-2-9-14(21)19-13-8-4-6-12-7-5-10-17-15(12)13/h4-8,10,18,22H,1-3,9,11,16H2,(H,19,21). The number of carbonyl (C=O) groups excluding carboxylic acids is 1. The number of hydrazine groups is 1. The molecule has 8 heteroatoms. The van der Waals surface area contributed by atoms with Crippen LogP contribution in [0.1, 0.15) is 25.7 Å². The van der Waals surface area contributed by atoms with Crippen molar-refractivity contribution in [1.82, 2.24) is 14.3 Å². The molecule has 0 bridgehead atoms. The van der Waals surface area contributed by atoms with Gasteiger partial charge in [-0.15, -0.1) is 0 Å². The van der Waals surface area contributed by atoms with E-state index < -0.39 is 0 Å². The van der Waals surface area contributed by atoms with Crippen LogP contribution in [0, 0.1) is 0 Å². The van der Waals surface area contributed by atoms with Crippen molar-refractivity contribution in [2.75, 3.05) is 11.9 Å². The average molecular weight is 335 g/mol. The molecule has 5 N–H and O–H groups in total. The zero-order valence-electron chi connectivity index (χ0n) is 12.7. The maximum absolute atomic E-state index is 12.0. The number of pyridine rings is 1. The van der Waals surface area contributed by atoms with Crippen LogP contribution in [0.5, 0.6) is 0 Å². The third-order valence-electron chi connectivity index (χ3n) is 3.25. The first-order valence-electron chi connectivity index (χ1n) is 7.44. The van der Waals surface area contributed by atoms with Crippen LogP contribution in [0.25, 0.3) is 10.9 Å². The Labute approximate surface area is 139 Å². The summed E-state index contributed by atoms with van der Waals surface area (Å²) in [6, 6.07) is 9.59. The molecule has 1 amide bonds. The summed E-state index contributed by atoms with van der Waals surface area (Å²) in [5, 5.41) is 12.6. The Morgan fingerprint density at radius 1 is 1.26 bits per heavy atom. The Morgan fingerprint density at radius 3 is 2.91 bits per heavy atom. The van der Waals surface area contributed by atoms with Gasteiger partial charge in [0.05, 0.1) is 23.3 Å². The molecule has 0 radical (unpaired) electrons. The number of amides is 1. The van der Waals surface area contributed by atoms with E-state index in [0.29, 0.717) is 17.5 Å². The first-order chi connectivity index (χ1) is 11.2. The monoisotopic (exact) mass is 335 g/mol. The van der Waals surface area contributed by atoms with Crippen molar-refractivity contribution in [2.24, 2.45) is 5.84 Å². The number of anilines is 1. The van der Waals surface area contributed by atoms with Gasteiger partial charge in [0.15, 0.2) is 0 Å². The van der Waals surface area contributed by atoms with Crippen molar-refractivity contribution in [3.05, 3.63) is 36.5 Å². The summed E-state index contributed by atoms with van der Waals surface area (Å²) < 4.78 is 3.41. The molecule has 0 fully saturated rings. The summed E-state index contributed by atoms with van der Waals surface area (Å²) in [6.07, 6.45) is 4.83. The molecule has 23 heavy (non-hydrogen) atoms. The maximum Gasteiger partial charge on any atom is 0.224 e. The Balaban J connectivity index is 1.70. The normalized spacial score (nSPS) is 11.1. The van der Waals surface area contributed by atoms with Crippen LogP contribution in [-0.4, -0.2) is 27.2 Å². The van der Waals surface area contributed by atoms with E-state index in [9.17, 15) is 4.79 Å². The molecular weight excluding hydrogens is 314 g/mol. The molecule has 0 aliphatic heterocycles. The quantitative estimate of drug-likeness (QED) is 0.241. The highest BCUT2D eigenvalue weighted by molar-refractivity contribution is 7.94. The lowest BCUT2D eigenvalue weighted by Crippen LogP contribution is -2.24. The number of aromatic nitrogens is 1. The first-order valence-corrected chi connectivity index (χ1v) is 8.21. The van der Waals surface area contributed by atoms with E-state index >= 15 is 0 Å². The Kier molecular flexibility index (Phi) is 7.24. The van der Waals surface area contributed by atoms with Gasteiger partial charge >= 0.3 is 0 Å². The molecule has 0 aliphatic carbocycles. The number of fused-ring (bicyclic) bond motifs is 1. The fourth-order valence-electron chi connectivity index (χ4n) is 2.19. The topological polar surface area (TPSA) is 104 Å². The van der Waals surface area contributed by atoms with Gasteiger partial charge in [-0.25, -0.2) is 10.6 Å². The van der Waals surface area contributed by atoms with Gasteiger partial charge in [-0.05, 0) is 25.0 Å². The fourth-order valence-corrected chi connectivity index (χ4v) is 2.56. The Morgan fingerprint density at radius 2 is 2.09 bits per heavy atom. The third kappa shape index (κ3) is 6.12. The third-order valence-corrected chi connectivity index (χ3v) is 3.77. The molecule has 1 aromatic carbocycles. The van der Waals surface area contributed by atoms with Crippen LogP contribution < -0.4 is 15.9 Å². The van der Waals surface area contributed by atoms with Gasteiger partial charge in [0.1, 0.15) is 0 Å². The molecule has 0 spiro atoms. The molecule has 0 saturated heterocycles. The highest BCUT2D eigenvalue weighted by Crippen LogP contribution is 2.20. The molecule has 1 aromatic heterocycles. The lowest BCUT2D eigenvalue weighted by molar-refractivity contribution is -0.116. The van der Waals surface area contributed by atoms with Crippen LogP contribution in [0.15, 0.2) is 36.5 Å². The second kappa shape index (κ2) is 9.43. The fraction of sp³-hybridized carbons (Fsp3) is 0.333. The predicted molar refractivity (Wildman–Crippen MR) is 92.2 cm³/mol. The average Bonchev–Trinajstić information content (AvgIpc) is 2.54. The molecule has 1 heterocycles. The van der Waals surface area contributed by atoms with Crippen molar-refractivity contribution in [3.63, 3.8) is 0 Å². The van der Waals surface area contributed by atoms with Gasteiger partial charge in [-0.3, -0.25) is 15.0 Å².